The molecule has 1 aromatic carbocycles. The largest absolute Gasteiger partial charge is 0.490 e. The first-order valence-electron chi connectivity index (χ1n) is 6.66. The average molecular weight is 262 g/mol. The number of rotatable bonds is 8. The molecule has 104 valence electrons. The van der Waals surface area contributed by atoms with E-state index in [4.69, 9.17) is 9.47 Å². The molecule has 4 nitrogen and oxygen atoms in total. The van der Waals surface area contributed by atoms with Crippen LogP contribution in [0.1, 0.15) is 27.2 Å². The lowest BCUT2D eigenvalue weighted by Crippen LogP contribution is -2.46. The molecule has 0 saturated heterocycles. The van der Waals surface area contributed by atoms with Crippen molar-refractivity contribution >= 4 is 0 Å². The van der Waals surface area contributed by atoms with Crippen molar-refractivity contribution in [3.63, 3.8) is 0 Å². The summed E-state index contributed by atoms with van der Waals surface area (Å²) in [6.07, 6.45) is 0.946. The maximum atomic E-state index is 9.18. The van der Waals surface area contributed by atoms with Gasteiger partial charge in [-0.15, -0.1) is 0 Å². The van der Waals surface area contributed by atoms with Gasteiger partial charge in [-0.2, -0.15) is 5.26 Å². The van der Waals surface area contributed by atoms with Gasteiger partial charge in [0.05, 0.1) is 12.7 Å². The first-order valence-corrected chi connectivity index (χ1v) is 6.66. The molecule has 0 heterocycles. The third-order valence-corrected chi connectivity index (χ3v) is 2.64. The fourth-order valence-electron chi connectivity index (χ4n) is 1.64. The van der Waals surface area contributed by atoms with Gasteiger partial charge < -0.3 is 9.47 Å². The Morgan fingerprint density at radius 1 is 1.21 bits per heavy atom. The molecule has 4 heteroatoms. The Bertz CT molecular complexity index is 428. The lowest BCUT2D eigenvalue weighted by Gasteiger charge is -2.23. The van der Waals surface area contributed by atoms with E-state index in [1.54, 1.807) is 0 Å². The number of para-hydroxylation sites is 2. The Kier molecular flexibility index (Phi) is 6.17. The van der Waals surface area contributed by atoms with Gasteiger partial charge in [0.1, 0.15) is 12.1 Å². The highest BCUT2D eigenvalue weighted by molar-refractivity contribution is 5.39. The van der Waals surface area contributed by atoms with Gasteiger partial charge in [0.25, 0.3) is 0 Å². The Morgan fingerprint density at radius 3 is 2.37 bits per heavy atom. The van der Waals surface area contributed by atoms with Crippen molar-refractivity contribution in [1.29, 1.82) is 5.26 Å². The summed E-state index contributed by atoms with van der Waals surface area (Å²) in [5.74, 6) is 1.40. The van der Waals surface area contributed by atoms with Crippen LogP contribution in [0.5, 0.6) is 11.5 Å². The van der Waals surface area contributed by atoms with Crippen LogP contribution < -0.4 is 14.8 Å². The Hall–Kier alpha value is -1.73. The molecule has 1 unspecified atom stereocenters. The van der Waals surface area contributed by atoms with Crippen molar-refractivity contribution in [2.45, 2.75) is 32.7 Å². The van der Waals surface area contributed by atoms with Crippen molar-refractivity contribution in [3.8, 4) is 17.6 Å². The maximum absolute atomic E-state index is 9.18. The van der Waals surface area contributed by atoms with Crippen LogP contribution in [0.15, 0.2) is 24.3 Å². The van der Waals surface area contributed by atoms with Crippen molar-refractivity contribution in [1.82, 2.24) is 5.32 Å². The van der Waals surface area contributed by atoms with Crippen LogP contribution in [0.4, 0.5) is 0 Å². The molecule has 0 aliphatic rings. The fourth-order valence-corrected chi connectivity index (χ4v) is 1.64. The third-order valence-electron chi connectivity index (χ3n) is 2.64. The van der Waals surface area contributed by atoms with E-state index in [1.165, 1.54) is 0 Å². The highest BCUT2D eigenvalue weighted by Crippen LogP contribution is 2.27. The van der Waals surface area contributed by atoms with E-state index in [0.29, 0.717) is 12.4 Å². The molecule has 0 aromatic heterocycles. The molecule has 19 heavy (non-hydrogen) atoms. The second kappa shape index (κ2) is 7.65. The quantitative estimate of drug-likeness (QED) is 0.782. The minimum atomic E-state index is -0.688. The van der Waals surface area contributed by atoms with Gasteiger partial charge in [0, 0.05) is 0 Å². The zero-order valence-corrected chi connectivity index (χ0v) is 11.9. The smallest absolute Gasteiger partial charge is 0.161 e. The number of likely N-dealkylation sites (N-methyl/N-ethyl adjacent to an activating group) is 1. The first kappa shape index (κ1) is 15.3. The van der Waals surface area contributed by atoms with Crippen molar-refractivity contribution in [2.24, 2.45) is 0 Å². The summed E-state index contributed by atoms with van der Waals surface area (Å²) in [5.41, 5.74) is -0.688. The number of ether oxygens (including phenoxy) is 2. The molecule has 0 amide bonds. The Balaban J connectivity index is 2.69. The molecule has 0 aliphatic carbocycles. The second-order valence-electron chi connectivity index (χ2n) is 4.56. The van der Waals surface area contributed by atoms with Crippen LogP contribution in [0.3, 0.4) is 0 Å². The van der Waals surface area contributed by atoms with E-state index in [9.17, 15) is 5.26 Å². The van der Waals surface area contributed by atoms with E-state index in [0.717, 1.165) is 18.7 Å². The normalized spacial score (nSPS) is 13.4. The van der Waals surface area contributed by atoms with Gasteiger partial charge in [-0.05, 0) is 32.0 Å². The molecule has 0 bridgehead atoms. The van der Waals surface area contributed by atoms with E-state index < -0.39 is 5.54 Å². The summed E-state index contributed by atoms with van der Waals surface area (Å²) in [7, 11) is 0. The SMILES string of the molecule is CCCOc1ccccc1OCC(C)(C#N)NCC. The number of nitrogens with one attached hydrogen (secondary N) is 1. The van der Waals surface area contributed by atoms with E-state index >= 15 is 0 Å². The van der Waals surface area contributed by atoms with E-state index in [-0.39, 0.29) is 6.61 Å². The van der Waals surface area contributed by atoms with E-state index in [2.05, 4.69) is 18.3 Å². The third kappa shape index (κ3) is 4.80. The van der Waals surface area contributed by atoms with Gasteiger partial charge in [-0.1, -0.05) is 26.0 Å². The number of nitrogens with zero attached hydrogens (tertiary/aromatic N) is 1. The predicted octanol–water partition coefficient (Wildman–Crippen LogP) is 2.75. The number of nitriles is 1. The zero-order chi connectivity index (χ0) is 14.1. The fraction of sp³-hybridized carbons (Fsp3) is 0.533. The van der Waals surface area contributed by atoms with Crippen LogP contribution >= 0.6 is 0 Å². The van der Waals surface area contributed by atoms with Crippen LogP contribution in [0.25, 0.3) is 0 Å². The van der Waals surface area contributed by atoms with Crippen molar-refractivity contribution in [2.75, 3.05) is 19.8 Å². The summed E-state index contributed by atoms with van der Waals surface area (Å²) in [6.45, 7) is 7.51. The molecular weight excluding hydrogens is 240 g/mol. The molecule has 1 rings (SSSR count). The van der Waals surface area contributed by atoms with Gasteiger partial charge in [-0.3, -0.25) is 5.32 Å². The molecule has 0 saturated carbocycles. The average Bonchev–Trinajstić information content (AvgIpc) is 2.44. The molecule has 0 radical (unpaired) electrons. The van der Waals surface area contributed by atoms with Gasteiger partial charge in [0.15, 0.2) is 11.5 Å². The standard InChI is InChI=1S/C15H22N2O2/c1-4-10-18-13-8-6-7-9-14(13)19-12-15(3,11-16)17-5-2/h6-9,17H,4-5,10,12H2,1-3H3. The predicted molar refractivity (Wildman–Crippen MR) is 75.4 cm³/mol. The molecule has 0 aliphatic heterocycles. The van der Waals surface area contributed by atoms with Gasteiger partial charge >= 0.3 is 0 Å². The summed E-state index contributed by atoms with van der Waals surface area (Å²) >= 11 is 0. The Morgan fingerprint density at radius 2 is 1.84 bits per heavy atom. The monoisotopic (exact) mass is 262 g/mol. The molecule has 1 aromatic rings. The lowest BCUT2D eigenvalue weighted by molar-refractivity contribution is 0.220. The Labute approximate surface area is 115 Å². The molecule has 1 N–H and O–H groups in total. The minimum absolute atomic E-state index is 0.282. The van der Waals surface area contributed by atoms with Crippen LogP contribution in [0, 0.1) is 11.3 Å². The number of hydrogen-bond acceptors (Lipinski definition) is 4. The van der Waals surface area contributed by atoms with Crippen LogP contribution in [-0.2, 0) is 0 Å². The van der Waals surface area contributed by atoms with Crippen LogP contribution in [0.2, 0.25) is 0 Å². The van der Waals surface area contributed by atoms with Crippen LogP contribution in [-0.4, -0.2) is 25.3 Å². The summed E-state index contributed by atoms with van der Waals surface area (Å²) in [5, 5.41) is 12.3. The van der Waals surface area contributed by atoms with E-state index in [1.807, 2.05) is 38.1 Å². The zero-order valence-electron chi connectivity index (χ0n) is 11.9. The topological polar surface area (TPSA) is 54.3 Å². The van der Waals surface area contributed by atoms with Gasteiger partial charge in [-0.25, -0.2) is 0 Å². The summed E-state index contributed by atoms with van der Waals surface area (Å²) in [4.78, 5) is 0. The van der Waals surface area contributed by atoms with Crippen molar-refractivity contribution in [3.05, 3.63) is 24.3 Å². The summed E-state index contributed by atoms with van der Waals surface area (Å²) in [6, 6.07) is 9.77. The molecule has 0 fully saturated rings. The number of benzene rings is 1. The van der Waals surface area contributed by atoms with Gasteiger partial charge in [0.2, 0.25) is 0 Å². The molecule has 1 atom stereocenters. The second-order valence-corrected chi connectivity index (χ2v) is 4.56. The minimum Gasteiger partial charge on any atom is -0.490 e. The molecule has 0 spiro atoms. The maximum Gasteiger partial charge on any atom is 0.161 e. The highest BCUT2D eigenvalue weighted by Gasteiger charge is 2.23. The number of hydrogen-bond donors (Lipinski definition) is 1. The molecular formula is C15H22N2O2. The lowest BCUT2D eigenvalue weighted by atomic mass is 10.1. The highest BCUT2D eigenvalue weighted by atomic mass is 16.5. The summed E-state index contributed by atoms with van der Waals surface area (Å²) < 4.78 is 11.3. The first-order chi connectivity index (χ1) is 9.15. The van der Waals surface area contributed by atoms with Crippen molar-refractivity contribution < 1.29 is 9.47 Å².